The molecule has 9 heteroatoms. The second kappa shape index (κ2) is 7.51. The van der Waals surface area contributed by atoms with Crippen molar-refractivity contribution in [1.82, 2.24) is 24.8 Å². The maximum absolute atomic E-state index is 14.8. The van der Waals surface area contributed by atoms with Gasteiger partial charge in [0, 0.05) is 31.9 Å². The van der Waals surface area contributed by atoms with Crippen LogP contribution in [0.25, 0.3) is 16.9 Å². The van der Waals surface area contributed by atoms with Crippen LogP contribution in [-0.4, -0.2) is 55.9 Å². The predicted octanol–water partition coefficient (Wildman–Crippen LogP) is 2.79. The van der Waals surface area contributed by atoms with E-state index in [1.807, 2.05) is 25.7 Å². The summed E-state index contributed by atoms with van der Waals surface area (Å²) in [5.74, 6) is 0.173. The van der Waals surface area contributed by atoms with E-state index >= 15 is 0 Å². The molecule has 2 atom stereocenters. The fourth-order valence-electron chi connectivity index (χ4n) is 3.63. The molecule has 0 bridgehead atoms. The fraction of sp³-hybridized carbons (Fsp3) is 0.450. The van der Waals surface area contributed by atoms with Gasteiger partial charge in [-0.3, -0.25) is 4.57 Å². The number of nitrogens with one attached hydrogen (secondary N) is 1. The Hall–Kier alpha value is -2.29. The zero-order chi connectivity index (χ0) is 20.8. The van der Waals surface area contributed by atoms with Crippen LogP contribution in [0.4, 0.5) is 10.2 Å². The Kier molecular flexibility index (Phi) is 5.18. The van der Waals surface area contributed by atoms with Crippen LogP contribution >= 0.6 is 11.6 Å². The van der Waals surface area contributed by atoms with Crippen molar-refractivity contribution in [2.45, 2.75) is 32.4 Å². The lowest BCUT2D eigenvalue weighted by molar-refractivity contribution is -0.0231. The molecule has 1 saturated heterocycles. The molecule has 2 N–H and O–H groups in total. The first-order chi connectivity index (χ1) is 13.8. The molecular weight excluding hydrogens is 395 g/mol. The van der Waals surface area contributed by atoms with Gasteiger partial charge in [-0.15, -0.1) is 0 Å². The van der Waals surface area contributed by atoms with E-state index in [0.717, 1.165) is 0 Å². The molecule has 154 valence electrons. The lowest BCUT2D eigenvalue weighted by Crippen LogP contribution is -2.62. The lowest BCUT2D eigenvalue weighted by atomic mass is 9.84. The van der Waals surface area contributed by atoms with Gasteiger partial charge in [-0.2, -0.15) is 0 Å². The van der Waals surface area contributed by atoms with E-state index < -0.39 is 11.4 Å². The predicted molar refractivity (Wildman–Crippen MR) is 111 cm³/mol. The largest absolute Gasteiger partial charge is 0.388 e. The fourth-order valence-corrected chi connectivity index (χ4v) is 3.89. The maximum atomic E-state index is 14.8. The number of hydrogen-bond donors (Lipinski definition) is 2. The normalized spacial score (nSPS) is 19.7. The second-order valence-corrected chi connectivity index (χ2v) is 8.32. The number of aromatic nitrogens is 4. The standard InChI is InChI=1S/C20H24ClFN6O/c1-12(2)20(3,29)17-10-27(7-5-24-17)18-13(21)8-14(22)19(26-18)28-6-4-15-16(28)9-23-11-25-15/h4,6,8-9,11-12,17,24,29H,5,7,10H2,1-3H3/t17-,20+/m0/s1. The number of fused-ring (bicyclic) bond motifs is 1. The van der Waals surface area contributed by atoms with Crippen LogP contribution in [0.3, 0.4) is 0 Å². The molecule has 0 radical (unpaired) electrons. The molecule has 0 aliphatic carbocycles. The van der Waals surface area contributed by atoms with E-state index in [4.69, 9.17) is 11.6 Å². The molecule has 3 aromatic rings. The van der Waals surface area contributed by atoms with Gasteiger partial charge in [0.2, 0.25) is 0 Å². The summed E-state index contributed by atoms with van der Waals surface area (Å²) in [4.78, 5) is 14.8. The number of hydrogen-bond acceptors (Lipinski definition) is 6. The first kappa shape index (κ1) is 20.0. The second-order valence-electron chi connectivity index (χ2n) is 7.91. The van der Waals surface area contributed by atoms with E-state index in [1.165, 1.54) is 12.4 Å². The smallest absolute Gasteiger partial charge is 0.175 e. The highest BCUT2D eigenvalue weighted by molar-refractivity contribution is 6.33. The van der Waals surface area contributed by atoms with Gasteiger partial charge < -0.3 is 15.3 Å². The van der Waals surface area contributed by atoms with Gasteiger partial charge in [0.15, 0.2) is 11.6 Å². The van der Waals surface area contributed by atoms with Gasteiger partial charge in [-0.1, -0.05) is 25.4 Å². The zero-order valence-electron chi connectivity index (χ0n) is 16.6. The number of halogens is 2. The highest BCUT2D eigenvalue weighted by Crippen LogP contribution is 2.31. The molecule has 0 spiro atoms. The average molecular weight is 419 g/mol. The summed E-state index contributed by atoms with van der Waals surface area (Å²) < 4.78 is 16.4. The van der Waals surface area contributed by atoms with E-state index in [1.54, 1.807) is 23.0 Å². The van der Waals surface area contributed by atoms with Crippen LogP contribution in [0.15, 0.2) is 30.9 Å². The Morgan fingerprint density at radius 1 is 1.38 bits per heavy atom. The third-order valence-corrected chi connectivity index (χ3v) is 6.11. The minimum atomic E-state index is -0.901. The molecule has 4 heterocycles. The van der Waals surface area contributed by atoms with Crippen LogP contribution in [0.2, 0.25) is 5.02 Å². The molecule has 1 aliphatic rings. The summed E-state index contributed by atoms with van der Waals surface area (Å²) in [6.07, 6.45) is 4.79. The van der Waals surface area contributed by atoms with Crippen molar-refractivity contribution in [2.24, 2.45) is 5.92 Å². The maximum Gasteiger partial charge on any atom is 0.175 e. The first-order valence-corrected chi connectivity index (χ1v) is 10.0. The number of aliphatic hydroxyl groups is 1. The molecular formula is C20H24ClFN6O. The van der Waals surface area contributed by atoms with Crippen molar-refractivity contribution >= 4 is 28.5 Å². The van der Waals surface area contributed by atoms with Gasteiger partial charge in [0.25, 0.3) is 0 Å². The topological polar surface area (TPSA) is 79.1 Å². The van der Waals surface area contributed by atoms with E-state index in [2.05, 4.69) is 20.3 Å². The molecule has 1 fully saturated rings. The average Bonchev–Trinajstić information content (AvgIpc) is 3.12. The van der Waals surface area contributed by atoms with Crippen LogP contribution < -0.4 is 10.2 Å². The van der Waals surface area contributed by atoms with Crippen molar-refractivity contribution < 1.29 is 9.50 Å². The molecule has 3 aromatic heterocycles. The molecule has 1 aliphatic heterocycles. The van der Waals surface area contributed by atoms with Crippen LogP contribution in [0.5, 0.6) is 0 Å². The Morgan fingerprint density at radius 2 is 2.17 bits per heavy atom. The highest BCUT2D eigenvalue weighted by atomic mass is 35.5. The Balaban J connectivity index is 1.73. The summed E-state index contributed by atoms with van der Waals surface area (Å²) >= 11 is 6.38. The van der Waals surface area contributed by atoms with Crippen LogP contribution in [0, 0.1) is 11.7 Å². The van der Waals surface area contributed by atoms with Gasteiger partial charge in [-0.05, 0) is 18.9 Å². The van der Waals surface area contributed by atoms with Crippen LogP contribution in [0.1, 0.15) is 20.8 Å². The lowest BCUT2D eigenvalue weighted by Gasteiger charge is -2.43. The Morgan fingerprint density at radius 3 is 2.93 bits per heavy atom. The molecule has 0 amide bonds. The third kappa shape index (κ3) is 3.56. The van der Waals surface area contributed by atoms with Crippen LogP contribution in [-0.2, 0) is 0 Å². The minimum Gasteiger partial charge on any atom is -0.388 e. The SMILES string of the molecule is CC(C)[C@@](C)(O)[C@@H]1CN(c2nc(-n3ccc4ncncc43)c(F)cc2Cl)CCN1. The molecule has 0 aromatic carbocycles. The Labute approximate surface area is 173 Å². The van der Waals surface area contributed by atoms with Gasteiger partial charge >= 0.3 is 0 Å². The number of pyridine rings is 1. The van der Waals surface area contributed by atoms with Gasteiger partial charge in [0.1, 0.15) is 12.1 Å². The molecule has 4 rings (SSSR count). The van der Waals surface area contributed by atoms with Crippen molar-refractivity contribution in [1.29, 1.82) is 0 Å². The number of nitrogens with zero attached hydrogens (tertiary/aromatic N) is 5. The minimum absolute atomic E-state index is 0.0680. The first-order valence-electron chi connectivity index (χ1n) is 9.63. The summed E-state index contributed by atoms with van der Waals surface area (Å²) in [6.45, 7) is 7.63. The molecule has 7 nitrogen and oxygen atoms in total. The van der Waals surface area contributed by atoms with Crippen molar-refractivity contribution in [3.05, 3.63) is 41.7 Å². The van der Waals surface area contributed by atoms with E-state index in [0.29, 0.717) is 36.5 Å². The third-order valence-electron chi connectivity index (χ3n) is 5.83. The zero-order valence-corrected chi connectivity index (χ0v) is 17.4. The Bertz CT molecular complexity index is 1040. The summed E-state index contributed by atoms with van der Waals surface area (Å²) in [5, 5.41) is 14.5. The summed E-state index contributed by atoms with van der Waals surface area (Å²) in [6, 6.07) is 2.91. The van der Waals surface area contributed by atoms with Gasteiger partial charge in [-0.25, -0.2) is 19.3 Å². The number of rotatable bonds is 4. The monoisotopic (exact) mass is 418 g/mol. The molecule has 29 heavy (non-hydrogen) atoms. The van der Waals surface area contributed by atoms with Crippen molar-refractivity contribution in [3.63, 3.8) is 0 Å². The van der Waals surface area contributed by atoms with E-state index in [9.17, 15) is 9.50 Å². The highest BCUT2D eigenvalue weighted by Gasteiger charge is 2.38. The quantitative estimate of drug-likeness (QED) is 0.678. The number of anilines is 1. The number of piperazine rings is 1. The van der Waals surface area contributed by atoms with Crippen molar-refractivity contribution in [2.75, 3.05) is 24.5 Å². The summed E-state index contributed by atoms with van der Waals surface area (Å²) in [7, 11) is 0. The molecule has 0 saturated carbocycles. The van der Waals surface area contributed by atoms with E-state index in [-0.39, 0.29) is 22.8 Å². The van der Waals surface area contributed by atoms with Crippen molar-refractivity contribution in [3.8, 4) is 5.82 Å². The molecule has 0 unspecified atom stereocenters. The van der Waals surface area contributed by atoms with Gasteiger partial charge in [0.05, 0.1) is 33.9 Å². The summed E-state index contributed by atoms with van der Waals surface area (Å²) in [5.41, 5.74) is 0.461.